The third-order valence-electron chi connectivity index (χ3n) is 3.59. The summed E-state index contributed by atoms with van der Waals surface area (Å²) in [6.45, 7) is 2.41. The maximum absolute atomic E-state index is 12.6. The van der Waals surface area contributed by atoms with Crippen molar-refractivity contribution in [3.8, 4) is 0 Å². The van der Waals surface area contributed by atoms with Crippen molar-refractivity contribution >= 4 is 10.0 Å². The molecule has 1 aromatic heterocycles. The van der Waals surface area contributed by atoms with Gasteiger partial charge in [-0.05, 0) is 19.8 Å². The molecule has 19 heavy (non-hydrogen) atoms. The molecule has 0 aromatic carbocycles. The molecule has 0 spiro atoms. The highest BCUT2D eigenvalue weighted by atomic mass is 32.2. The van der Waals surface area contributed by atoms with Crippen LogP contribution in [0, 0.1) is 6.92 Å². The Morgan fingerprint density at radius 2 is 2.37 bits per heavy atom. The highest BCUT2D eigenvalue weighted by Gasteiger charge is 2.37. The monoisotopic (exact) mass is 288 g/mol. The van der Waals surface area contributed by atoms with E-state index in [0.29, 0.717) is 25.1 Å². The lowest BCUT2D eigenvalue weighted by Crippen LogP contribution is -2.51. The quantitative estimate of drug-likeness (QED) is 0.802. The smallest absolute Gasteiger partial charge is 0.246 e. The van der Waals surface area contributed by atoms with Gasteiger partial charge in [-0.25, -0.2) is 8.42 Å². The number of sulfonamides is 1. The summed E-state index contributed by atoms with van der Waals surface area (Å²) in [5.74, 6) is 0. The van der Waals surface area contributed by atoms with Gasteiger partial charge in [-0.3, -0.25) is 5.10 Å². The molecule has 2 heterocycles. The molecular formula is C11H20N4O3S. The third kappa shape index (κ3) is 2.66. The maximum atomic E-state index is 12.6. The highest BCUT2D eigenvalue weighted by molar-refractivity contribution is 7.89. The first kappa shape index (κ1) is 14.4. The minimum atomic E-state index is -3.54. The molecular weight excluding hydrogens is 268 g/mol. The molecule has 1 aromatic rings. The van der Waals surface area contributed by atoms with Gasteiger partial charge in [-0.2, -0.15) is 9.40 Å². The third-order valence-corrected chi connectivity index (χ3v) is 5.65. The number of ether oxygens (including phenoxy) is 1. The Kier molecular flexibility index (Phi) is 4.24. The Labute approximate surface area is 113 Å². The van der Waals surface area contributed by atoms with Crippen molar-refractivity contribution in [1.82, 2.24) is 14.5 Å². The second kappa shape index (κ2) is 5.58. The topological polar surface area (TPSA) is 101 Å². The standard InChI is InChI=1S/C11H20N4O3S/c1-8-11(7-13-14-8)19(16,17)15-4-3-10(18-2)5-9(15)6-12/h7,9-10H,3-6,12H2,1-2H3,(H,13,14). The lowest BCUT2D eigenvalue weighted by Gasteiger charge is -2.37. The molecule has 7 nitrogen and oxygen atoms in total. The Bertz CT molecular complexity index is 528. The van der Waals surface area contributed by atoms with Gasteiger partial charge in [0.15, 0.2) is 0 Å². The zero-order valence-corrected chi connectivity index (χ0v) is 12.0. The first-order valence-corrected chi connectivity index (χ1v) is 7.69. The predicted octanol–water partition coefficient (Wildman–Crippen LogP) is -0.155. The molecule has 2 unspecified atom stereocenters. The SMILES string of the molecule is COC1CCN(S(=O)(=O)c2cn[nH]c2C)C(CN)C1. The number of aryl methyl sites for hydroxylation is 1. The second-order valence-corrected chi connectivity index (χ2v) is 6.61. The molecule has 8 heteroatoms. The summed E-state index contributed by atoms with van der Waals surface area (Å²) < 4.78 is 32.0. The average molecular weight is 288 g/mol. The molecule has 0 amide bonds. The molecule has 1 saturated heterocycles. The number of nitrogens with zero attached hydrogens (tertiary/aromatic N) is 2. The van der Waals surface area contributed by atoms with Crippen molar-refractivity contribution in [2.45, 2.75) is 36.8 Å². The number of nitrogens with two attached hydrogens (primary N) is 1. The van der Waals surface area contributed by atoms with Crippen LogP contribution in [-0.4, -0.2) is 55.3 Å². The van der Waals surface area contributed by atoms with E-state index < -0.39 is 10.0 Å². The first-order valence-electron chi connectivity index (χ1n) is 6.25. The largest absolute Gasteiger partial charge is 0.381 e. The summed E-state index contributed by atoms with van der Waals surface area (Å²) in [7, 11) is -1.90. The van der Waals surface area contributed by atoms with Gasteiger partial charge in [-0.15, -0.1) is 0 Å². The number of hydrogen-bond donors (Lipinski definition) is 2. The minimum Gasteiger partial charge on any atom is -0.381 e. The Hall–Kier alpha value is -0.960. The van der Waals surface area contributed by atoms with Crippen LogP contribution in [0.15, 0.2) is 11.1 Å². The molecule has 2 rings (SSSR count). The molecule has 3 N–H and O–H groups in total. The highest BCUT2D eigenvalue weighted by Crippen LogP contribution is 2.27. The van der Waals surface area contributed by atoms with Crippen molar-refractivity contribution in [3.63, 3.8) is 0 Å². The van der Waals surface area contributed by atoms with Gasteiger partial charge >= 0.3 is 0 Å². The summed E-state index contributed by atoms with van der Waals surface area (Å²) in [6, 6.07) is -0.224. The van der Waals surface area contributed by atoms with Crippen molar-refractivity contribution in [1.29, 1.82) is 0 Å². The fourth-order valence-electron chi connectivity index (χ4n) is 2.46. The summed E-state index contributed by atoms with van der Waals surface area (Å²) in [5.41, 5.74) is 6.26. The fraction of sp³-hybridized carbons (Fsp3) is 0.727. The van der Waals surface area contributed by atoms with Crippen LogP contribution in [0.2, 0.25) is 0 Å². The van der Waals surface area contributed by atoms with Crippen LogP contribution in [-0.2, 0) is 14.8 Å². The Morgan fingerprint density at radius 1 is 1.63 bits per heavy atom. The zero-order chi connectivity index (χ0) is 14.0. The zero-order valence-electron chi connectivity index (χ0n) is 11.2. The lowest BCUT2D eigenvalue weighted by molar-refractivity contribution is 0.0401. The molecule has 2 atom stereocenters. The molecule has 1 aliphatic rings. The average Bonchev–Trinajstić information content (AvgIpc) is 2.84. The van der Waals surface area contributed by atoms with Crippen LogP contribution in [0.3, 0.4) is 0 Å². The van der Waals surface area contributed by atoms with Crippen LogP contribution in [0.4, 0.5) is 0 Å². The van der Waals surface area contributed by atoms with Crippen LogP contribution in [0.1, 0.15) is 18.5 Å². The minimum absolute atomic E-state index is 0.0745. The number of aromatic amines is 1. The van der Waals surface area contributed by atoms with E-state index in [4.69, 9.17) is 10.5 Å². The Balaban J connectivity index is 2.28. The van der Waals surface area contributed by atoms with Gasteiger partial charge in [0.25, 0.3) is 0 Å². The van der Waals surface area contributed by atoms with Gasteiger partial charge in [0.05, 0.1) is 18.0 Å². The number of H-pyrrole nitrogens is 1. The molecule has 108 valence electrons. The molecule has 0 radical (unpaired) electrons. The lowest BCUT2D eigenvalue weighted by atomic mass is 10.0. The number of nitrogens with one attached hydrogen (secondary N) is 1. The van der Waals surface area contributed by atoms with E-state index in [1.807, 2.05) is 0 Å². The van der Waals surface area contributed by atoms with E-state index in [1.54, 1.807) is 14.0 Å². The molecule has 1 fully saturated rings. The van der Waals surface area contributed by atoms with E-state index in [2.05, 4.69) is 10.2 Å². The summed E-state index contributed by atoms with van der Waals surface area (Å²) >= 11 is 0. The van der Waals surface area contributed by atoms with E-state index >= 15 is 0 Å². The van der Waals surface area contributed by atoms with Crippen molar-refractivity contribution < 1.29 is 13.2 Å². The normalized spacial score (nSPS) is 25.6. The van der Waals surface area contributed by atoms with E-state index in [-0.39, 0.29) is 23.6 Å². The summed E-state index contributed by atoms with van der Waals surface area (Å²) in [4.78, 5) is 0.224. The molecule has 0 bridgehead atoms. The van der Waals surface area contributed by atoms with E-state index in [9.17, 15) is 8.42 Å². The summed E-state index contributed by atoms with van der Waals surface area (Å²) in [6.07, 6.45) is 2.73. The number of rotatable bonds is 4. The predicted molar refractivity (Wildman–Crippen MR) is 70.1 cm³/mol. The number of hydrogen-bond acceptors (Lipinski definition) is 5. The number of methoxy groups -OCH3 is 1. The molecule has 1 aliphatic heterocycles. The first-order chi connectivity index (χ1) is 9.00. The van der Waals surface area contributed by atoms with Crippen molar-refractivity contribution in [2.75, 3.05) is 20.2 Å². The van der Waals surface area contributed by atoms with E-state index in [0.717, 1.165) is 0 Å². The van der Waals surface area contributed by atoms with Crippen LogP contribution < -0.4 is 5.73 Å². The van der Waals surface area contributed by atoms with E-state index in [1.165, 1.54) is 10.5 Å². The number of piperidine rings is 1. The fourth-order valence-corrected chi connectivity index (χ4v) is 4.24. The van der Waals surface area contributed by atoms with Crippen LogP contribution in [0.25, 0.3) is 0 Å². The molecule has 0 aliphatic carbocycles. The molecule has 0 saturated carbocycles. The van der Waals surface area contributed by atoms with Gasteiger partial charge in [0, 0.05) is 26.2 Å². The summed E-state index contributed by atoms with van der Waals surface area (Å²) in [5, 5.41) is 6.43. The van der Waals surface area contributed by atoms with Crippen LogP contribution >= 0.6 is 0 Å². The second-order valence-electron chi connectivity index (χ2n) is 4.75. The Morgan fingerprint density at radius 3 is 2.89 bits per heavy atom. The van der Waals surface area contributed by atoms with Gasteiger partial charge < -0.3 is 10.5 Å². The van der Waals surface area contributed by atoms with Gasteiger partial charge in [0.2, 0.25) is 10.0 Å². The maximum Gasteiger partial charge on any atom is 0.246 e. The van der Waals surface area contributed by atoms with Gasteiger partial charge in [0.1, 0.15) is 4.90 Å². The van der Waals surface area contributed by atoms with Crippen molar-refractivity contribution in [3.05, 3.63) is 11.9 Å². The van der Waals surface area contributed by atoms with Gasteiger partial charge in [-0.1, -0.05) is 0 Å². The van der Waals surface area contributed by atoms with Crippen molar-refractivity contribution in [2.24, 2.45) is 5.73 Å². The van der Waals surface area contributed by atoms with Crippen LogP contribution in [0.5, 0.6) is 0 Å². The number of aromatic nitrogens is 2.